The minimum absolute atomic E-state index is 0.0352. The summed E-state index contributed by atoms with van der Waals surface area (Å²) in [5, 5.41) is 15.5. The summed E-state index contributed by atoms with van der Waals surface area (Å²) in [6.07, 6.45) is -0.105. The van der Waals surface area contributed by atoms with E-state index in [1.54, 1.807) is 20.8 Å². The fraction of sp³-hybridized carbons (Fsp3) is 0.815. The molecule has 2 aliphatic heterocycles. The number of carbonyl (C=O) groups is 4. The van der Waals surface area contributed by atoms with Crippen molar-refractivity contribution in [3.63, 3.8) is 0 Å². The quantitative estimate of drug-likeness (QED) is 0.516. The summed E-state index contributed by atoms with van der Waals surface area (Å²) in [4.78, 5) is 53.0. The highest BCUT2D eigenvalue weighted by Crippen LogP contribution is 2.45. The molecule has 0 radical (unpaired) electrons. The SMILES string of the molecule is CC(C)(C)C(CC(=O)C(F)(F)F)C(=O)N1CC2CCCC2C1C(=O)NC(C#N)CC1CCC2(CC2)NC1=O. The number of nitrogens with one attached hydrogen (secondary N) is 2. The van der Waals surface area contributed by atoms with Crippen LogP contribution in [0.5, 0.6) is 0 Å². The summed E-state index contributed by atoms with van der Waals surface area (Å²) in [5.74, 6) is -5.02. The van der Waals surface area contributed by atoms with E-state index in [0.717, 1.165) is 32.1 Å². The minimum Gasteiger partial charge on any atom is -0.350 e. The number of halogens is 3. The molecular weight excluding hydrogens is 501 g/mol. The maximum atomic E-state index is 13.7. The van der Waals surface area contributed by atoms with Gasteiger partial charge in [0.2, 0.25) is 23.5 Å². The van der Waals surface area contributed by atoms with E-state index >= 15 is 0 Å². The first-order valence-corrected chi connectivity index (χ1v) is 13.6. The molecule has 210 valence electrons. The molecule has 2 saturated carbocycles. The molecule has 1 spiro atoms. The van der Waals surface area contributed by atoms with Crippen molar-refractivity contribution < 1.29 is 32.3 Å². The second kappa shape index (κ2) is 10.2. The van der Waals surface area contributed by atoms with E-state index in [0.29, 0.717) is 12.8 Å². The third kappa shape index (κ3) is 5.84. The lowest BCUT2D eigenvalue weighted by atomic mass is 9.76. The lowest BCUT2D eigenvalue weighted by Gasteiger charge is -2.36. The van der Waals surface area contributed by atoms with Gasteiger partial charge in [-0.2, -0.15) is 18.4 Å². The minimum atomic E-state index is -5.05. The molecule has 2 aliphatic carbocycles. The molecule has 0 bridgehead atoms. The molecule has 0 aromatic carbocycles. The number of Topliss-reactive ketones (excluding diaryl/α,β-unsaturated/α-hetero) is 1. The molecule has 0 aromatic heterocycles. The maximum absolute atomic E-state index is 13.7. The van der Waals surface area contributed by atoms with Crippen molar-refractivity contribution in [3.8, 4) is 6.07 Å². The van der Waals surface area contributed by atoms with E-state index in [1.165, 1.54) is 4.90 Å². The first-order chi connectivity index (χ1) is 17.6. The molecule has 2 saturated heterocycles. The number of likely N-dealkylation sites (tertiary alicyclic amines) is 1. The molecular formula is C27H37F3N4O4. The molecule has 4 fully saturated rings. The van der Waals surface area contributed by atoms with Gasteiger partial charge in [-0.3, -0.25) is 19.2 Å². The fourth-order valence-electron chi connectivity index (χ4n) is 6.58. The Kier molecular flexibility index (Phi) is 7.58. The van der Waals surface area contributed by atoms with Crippen molar-refractivity contribution in [1.29, 1.82) is 5.26 Å². The number of nitriles is 1. The summed E-state index contributed by atoms with van der Waals surface area (Å²) in [7, 11) is 0. The summed E-state index contributed by atoms with van der Waals surface area (Å²) < 4.78 is 39.2. The number of rotatable bonds is 7. The van der Waals surface area contributed by atoms with Crippen LogP contribution in [-0.2, 0) is 19.2 Å². The number of hydrogen-bond acceptors (Lipinski definition) is 5. The van der Waals surface area contributed by atoms with Crippen LogP contribution in [-0.4, -0.2) is 58.7 Å². The van der Waals surface area contributed by atoms with Gasteiger partial charge in [0.1, 0.15) is 12.1 Å². The Bertz CT molecular complexity index is 1030. The fourth-order valence-corrected chi connectivity index (χ4v) is 6.58. The standard InChI is InChI=1S/C27H37F3N4O4/c1-25(2,3)19(12-20(35)27(28,29)30)24(38)34-14-16-5-4-6-18(16)21(34)23(37)32-17(13-31)11-15-7-8-26(9-10-26)33-22(15)36/h15-19,21H,4-12,14H2,1-3H3,(H,32,37)(H,33,36). The van der Waals surface area contributed by atoms with Crippen LogP contribution in [0.1, 0.15) is 78.6 Å². The average Bonchev–Trinajstić information content (AvgIpc) is 3.23. The average molecular weight is 539 g/mol. The van der Waals surface area contributed by atoms with E-state index in [4.69, 9.17) is 0 Å². The first kappa shape index (κ1) is 28.4. The Morgan fingerprint density at radius 1 is 1.16 bits per heavy atom. The van der Waals surface area contributed by atoms with Gasteiger partial charge in [0, 0.05) is 24.4 Å². The Morgan fingerprint density at radius 3 is 2.39 bits per heavy atom. The molecule has 2 heterocycles. The lowest BCUT2D eigenvalue weighted by Crippen LogP contribution is -2.54. The van der Waals surface area contributed by atoms with Gasteiger partial charge in [-0.05, 0) is 62.2 Å². The highest BCUT2D eigenvalue weighted by Gasteiger charge is 2.53. The number of hydrogen-bond donors (Lipinski definition) is 2. The predicted molar refractivity (Wildman–Crippen MR) is 130 cm³/mol. The summed E-state index contributed by atoms with van der Waals surface area (Å²) in [5.41, 5.74) is -1.03. The van der Waals surface area contributed by atoms with Crippen LogP contribution in [0.4, 0.5) is 13.2 Å². The van der Waals surface area contributed by atoms with Crippen molar-refractivity contribution in [2.45, 2.75) is 102 Å². The molecule has 8 nitrogen and oxygen atoms in total. The maximum Gasteiger partial charge on any atom is 0.449 e. The zero-order valence-electron chi connectivity index (χ0n) is 22.2. The molecule has 3 amide bonds. The molecule has 2 N–H and O–H groups in total. The number of carbonyl (C=O) groups excluding carboxylic acids is 4. The molecule has 6 atom stereocenters. The molecule has 38 heavy (non-hydrogen) atoms. The number of ketones is 1. The monoisotopic (exact) mass is 538 g/mol. The van der Waals surface area contributed by atoms with Gasteiger partial charge in [-0.15, -0.1) is 0 Å². The Balaban J connectivity index is 1.49. The van der Waals surface area contributed by atoms with Gasteiger partial charge in [0.15, 0.2) is 0 Å². The van der Waals surface area contributed by atoms with Crippen LogP contribution in [0, 0.1) is 40.4 Å². The predicted octanol–water partition coefficient (Wildman–Crippen LogP) is 3.25. The molecule has 6 unspecified atom stereocenters. The van der Waals surface area contributed by atoms with Crippen LogP contribution in [0.3, 0.4) is 0 Å². The second-order valence-corrected chi connectivity index (χ2v) is 12.8. The lowest BCUT2D eigenvalue weighted by molar-refractivity contribution is -0.174. The topological polar surface area (TPSA) is 119 Å². The van der Waals surface area contributed by atoms with Gasteiger partial charge in [-0.25, -0.2) is 0 Å². The number of fused-ring (bicyclic) bond motifs is 1. The summed E-state index contributed by atoms with van der Waals surface area (Å²) >= 11 is 0. The van der Waals surface area contributed by atoms with Gasteiger partial charge in [0.25, 0.3) is 0 Å². The van der Waals surface area contributed by atoms with Crippen molar-refractivity contribution >= 4 is 23.5 Å². The smallest absolute Gasteiger partial charge is 0.350 e. The van der Waals surface area contributed by atoms with Gasteiger partial charge < -0.3 is 15.5 Å². The Labute approximate surface area is 221 Å². The normalized spacial score (nSPS) is 29.7. The van der Waals surface area contributed by atoms with Crippen LogP contribution in [0.25, 0.3) is 0 Å². The van der Waals surface area contributed by atoms with E-state index in [2.05, 4.69) is 16.7 Å². The van der Waals surface area contributed by atoms with E-state index < -0.39 is 59.5 Å². The van der Waals surface area contributed by atoms with Crippen molar-refractivity contribution in [3.05, 3.63) is 0 Å². The molecule has 4 aliphatic rings. The van der Waals surface area contributed by atoms with Crippen LogP contribution >= 0.6 is 0 Å². The van der Waals surface area contributed by atoms with Crippen molar-refractivity contribution in [2.24, 2.45) is 29.1 Å². The third-order valence-corrected chi connectivity index (χ3v) is 9.07. The zero-order chi connectivity index (χ0) is 28.0. The molecule has 0 aromatic rings. The Morgan fingerprint density at radius 2 is 1.84 bits per heavy atom. The van der Waals surface area contributed by atoms with Crippen LogP contribution < -0.4 is 10.6 Å². The summed E-state index contributed by atoms with van der Waals surface area (Å²) in [6.45, 7) is 5.06. The zero-order valence-corrected chi connectivity index (χ0v) is 22.2. The third-order valence-electron chi connectivity index (χ3n) is 9.07. The van der Waals surface area contributed by atoms with Gasteiger partial charge >= 0.3 is 6.18 Å². The Hall–Kier alpha value is -2.64. The highest BCUT2D eigenvalue weighted by atomic mass is 19.4. The van der Waals surface area contributed by atoms with Gasteiger partial charge in [0.05, 0.1) is 12.0 Å². The second-order valence-electron chi connectivity index (χ2n) is 12.8. The summed E-state index contributed by atoms with van der Waals surface area (Å²) in [6, 6.07) is 0.209. The first-order valence-electron chi connectivity index (χ1n) is 13.6. The van der Waals surface area contributed by atoms with Crippen LogP contribution in [0.15, 0.2) is 0 Å². The van der Waals surface area contributed by atoms with E-state index in [9.17, 15) is 37.6 Å². The van der Waals surface area contributed by atoms with E-state index in [1.807, 2.05) is 0 Å². The molecule has 4 rings (SSSR count). The van der Waals surface area contributed by atoms with Gasteiger partial charge in [-0.1, -0.05) is 27.2 Å². The largest absolute Gasteiger partial charge is 0.449 e. The van der Waals surface area contributed by atoms with Crippen molar-refractivity contribution in [2.75, 3.05) is 6.54 Å². The van der Waals surface area contributed by atoms with E-state index in [-0.39, 0.29) is 36.2 Å². The number of nitrogens with zero attached hydrogens (tertiary/aromatic N) is 2. The van der Waals surface area contributed by atoms with Crippen LogP contribution in [0.2, 0.25) is 0 Å². The number of piperidine rings is 1. The molecule has 11 heteroatoms. The van der Waals surface area contributed by atoms with Crippen molar-refractivity contribution in [1.82, 2.24) is 15.5 Å². The number of amides is 3. The number of alkyl halides is 3. The highest BCUT2D eigenvalue weighted by molar-refractivity contribution is 5.93.